The van der Waals surface area contributed by atoms with Crippen LogP contribution < -0.4 is 0 Å². The Balaban J connectivity index is 2.48. The van der Waals surface area contributed by atoms with Crippen molar-refractivity contribution in [3.63, 3.8) is 0 Å². The van der Waals surface area contributed by atoms with Gasteiger partial charge in [0.15, 0.2) is 11.6 Å². The maximum absolute atomic E-state index is 11.5. The number of aryl methyl sites for hydroxylation is 1. The zero-order chi connectivity index (χ0) is 12.3. The van der Waals surface area contributed by atoms with Crippen LogP contribution in [0.4, 0.5) is 0 Å². The monoisotopic (exact) mass is 226 g/mol. The van der Waals surface area contributed by atoms with Gasteiger partial charge in [-0.3, -0.25) is 4.79 Å². The van der Waals surface area contributed by atoms with Gasteiger partial charge in [-0.25, -0.2) is 9.97 Å². The van der Waals surface area contributed by atoms with E-state index in [1.807, 2.05) is 18.2 Å². The maximum Gasteiger partial charge on any atom is 0.160 e. The standard InChI is InChI=1S/C14H14N2O/c1-3-11-8-15-14(16-9-11)13-7-5-4-6-12(13)10(2)17/h4-9H,3H2,1-2H3. The van der Waals surface area contributed by atoms with E-state index in [1.165, 1.54) is 0 Å². The molecule has 0 amide bonds. The smallest absolute Gasteiger partial charge is 0.160 e. The van der Waals surface area contributed by atoms with Gasteiger partial charge in [0, 0.05) is 23.5 Å². The average molecular weight is 226 g/mol. The van der Waals surface area contributed by atoms with E-state index in [2.05, 4.69) is 16.9 Å². The molecule has 0 saturated carbocycles. The van der Waals surface area contributed by atoms with Gasteiger partial charge >= 0.3 is 0 Å². The van der Waals surface area contributed by atoms with Crippen molar-refractivity contribution in [3.8, 4) is 11.4 Å². The molecule has 0 bridgehead atoms. The minimum absolute atomic E-state index is 0.0313. The van der Waals surface area contributed by atoms with E-state index >= 15 is 0 Å². The van der Waals surface area contributed by atoms with Crippen molar-refractivity contribution in [3.05, 3.63) is 47.8 Å². The second-order valence-electron chi connectivity index (χ2n) is 3.87. The molecule has 0 radical (unpaired) electrons. The summed E-state index contributed by atoms with van der Waals surface area (Å²) in [4.78, 5) is 20.1. The third-order valence-electron chi connectivity index (χ3n) is 2.66. The fourth-order valence-electron chi connectivity index (χ4n) is 1.66. The molecule has 0 aliphatic heterocycles. The Hall–Kier alpha value is -2.03. The van der Waals surface area contributed by atoms with Crippen LogP contribution in [0.15, 0.2) is 36.7 Å². The van der Waals surface area contributed by atoms with Gasteiger partial charge in [0.1, 0.15) is 0 Å². The van der Waals surface area contributed by atoms with Gasteiger partial charge in [-0.1, -0.05) is 31.2 Å². The number of nitrogens with zero attached hydrogens (tertiary/aromatic N) is 2. The van der Waals surface area contributed by atoms with Crippen molar-refractivity contribution >= 4 is 5.78 Å². The first-order valence-corrected chi connectivity index (χ1v) is 5.63. The predicted octanol–water partition coefficient (Wildman–Crippen LogP) is 2.91. The SMILES string of the molecule is CCc1cnc(-c2ccccc2C(C)=O)nc1. The molecule has 0 N–H and O–H groups in total. The van der Waals surface area contributed by atoms with Gasteiger partial charge < -0.3 is 0 Å². The van der Waals surface area contributed by atoms with E-state index in [1.54, 1.807) is 25.4 Å². The summed E-state index contributed by atoms with van der Waals surface area (Å²) in [6.07, 6.45) is 4.52. The topological polar surface area (TPSA) is 42.9 Å². The molecule has 3 nitrogen and oxygen atoms in total. The summed E-state index contributed by atoms with van der Waals surface area (Å²) in [7, 11) is 0. The molecule has 2 aromatic rings. The number of rotatable bonds is 3. The minimum Gasteiger partial charge on any atom is -0.294 e. The van der Waals surface area contributed by atoms with Crippen LogP contribution in [-0.2, 0) is 6.42 Å². The third kappa shape index (κ3) is 2.38. The zero-order valence-corrected chi connectivity index (χ0v) is 9.97. The molecule has 0 fully saturated rings. The second kappa shape index (κ2) is 4.87. The van der Waals surface area contributed by atoms with Crippen molar-refractivity contribution < 1.29 is 4.79 Å². The Bertz CT molecular complexity index is 532. The largest absolute Gasteiger partial charge is 0.294 e. The first-order valence-electron chi connectivity index (χ1n) is 5.63. The number of aromatic nitrogens is 2. The summed E-state index contributed by atoms with van der Waals surface area (Å²) in [5.74, 6) is 0.636. The van der Waals surface area contributed by atoms with Crippen LogP contribution in [0.25, 0.3) is 11.4 Å². The van der Waals surface area contributed by atoms with E-state index in [0.717, 1.165) is 17.5 Å². The summed E-state index contributed by atoms with van der Waals surface area (Å²) >= 11 is 0. The maximum atomic E-state index is 11.5. The fourth-order valence-corrected chi connectivity index (χ4v) is 1.66. The van der Waals surface area contributed by atoms with Gasteiger partial charge in [-0.2, -0.15) is 0 Å². The first-order chi connectivity index (χ1) is 8.22. The minimum atomic E-state index is 0.0313. The molecular weight excluding hydrogens is 212 g/mol. The summed E-state index contributed by atoms with van der Waals surface area (Å²) in [6.45, 7) is 3.61. The molecule has 3 heteroatoms. The van der Waals surface area contributed by atoms with Crippen molar-refractivity contribution in [1.82, 2.24) is 9.97 Å². The number of carbonyl (C=O) groups excluding carboxylic acids is 1. The molecular formula is C14H14N2O. The van der Waals surface area contributed by atoms with Gasteiger partial charge in [-0.05, 0) is 18.9 Å². The summed E-state index contributed by atoms with van der Waals surface area (Å²) in [5.41, 5.74) is 2.55. The fraction of sp³-hybridized carbons (Fsp3) is 0.214. The predicted molar refractivity (Wildman–Crippen MR) is 66.9 cm³/mol. The Morgan fingerprint density at radius 2 is 1.82 bits per heavy atom. The number of Topliss-reactive ketones (excluding diaryl/α,β-unsaturated/α-hetero) is 1. The highest BCUT2D eigenvalue weighted by atomic mass is 16.1. The van der Waals surface area contributed by atoms with Crippen molar-refractivity contribution in [2.45, 2.75) is 20.3 Å². The number of carbonyl (C=O) groups is 1. The molecule has 1 heterocycles. The number of benzene rings is 1. The Morgan fingerprint density at radius 1 is 1.18 bits per heavy atom. The van der Waals surface area contributed by atoms with Crippen LogP contribution in [0.1, 0.15) is 29.8 Å². The summed E-state index contributed by atoms with van der Waals surface area (Å²) < 4.78 is 0. The lowest BCUT2D eigenvalue weighted by Crippen LogP contribution is -1.99. The third-order valence-corrected chi connectivity index (χ3v) is 2.66. The summed E-state index contributed by atoms with van der Waals surface area (Å²) in [6, 6.07) is 7.41. The molecule has 17 heavy (non-hydrogen) atoms. The van der Waals surface area contributed by atoms with E-state index in [0.29, 0.717) is 11.4 Å². The average Bonchev–Trinajstić information content (AvgIpc) is 2.39. The molecule has 0 unspecified atom stereocenters. The number of hydrogen-bond acceptors (Lipinski definition) is 3. The van der Waals surface area contributed by atoms with E-state index < -0.39 is 0 Å². The van der Waals surface area contributed by atoms with Gasteiger partial charge in [-0.15, -0.1) is 0 Å². The number of hydrogen-bond donors (Lipinski definition) is 0. The van der Waals surface area contributed by atoms with E-state index in [9.17, 15) is 4.79 Å². The van der Waals surface area contributed by atoms with Crippen LogP contribution in [0.3, 0.4) is 0 Å². The molecule has 0 atom stereocenters. The van der Waals surface area contributed by atoms with Crippen LogP contribution in [0.2, 0.25) is 0 Å². The normalized spacial score (nSPS) is 10.2. The lowest BCUT2D eigenvalue weighted by atomic mass is 10.0. The Labute approximate surface area is 101 Å². The van der Waals surface area contributed by atoms with Gasteiger partial charge in [0.25, 0.3) is 0 Å². The highest BCUT2D eigenvalue weighted by Crippen LogP contribution is 2.20. The molecule has 0 aliphatic carbocycles. The van der Waals surface area contributed by atoms with Crippen molar-refractivity contribution in [2.24, 2.45) is 0 Å². The Morgan fingerprint density at radius 3 is 2.41 bits per heavy atom. The van der Waals surface area contributed by atoms with Crippen molar-refractivity contribution in [1.29, 1.82) is 0 Å². The quantitative estimate of drug-likeness (QED) is 0.756. The lowest BCUT2D eigenvalue weighted by molar-refractivity contribution is 0.101. The highest BCUT2D eigenvalue weighted by Gasteiger charge is 2.10. The van der Waals surface area contributed by atoms with Crippen molar-refractivity contribution in [2.75, 3.05) is 0 Å². The molecule has 86 valence electrons. The second-order valence-corrected chi connectivity index (χ2v) is 3.87. The van der Waals surface area contributed by atoms with Gasteiger partial charge in [0.05, 0.1) is 0 Å². The lowest BCUT2D eigenvalue weighted by Gasteiger charge is -2.05. The van der Waals surface area contributed by atoms with E-state index in [4.69, 9.17) is 0 Å². The van der Waals surface area contributed by atoms with Crippen LogP contribution in [-0.4, -0.2) is 15.8 Å². The molecule has 0 saturated heterocycles. The molecule has 1 aromatic carbocycles. The summed E-state index contributed by atoms with van der Waals surface area (Å²) in [5, 5.41) is 0. The molecule has 0 spiro atoms. The molecule has 0 aliphatic rings. The zero-order valence-electron chi connectivity index (χ0n) is 9.97. The van der Waals surface area contributed by atoms with Gasteiger partial charge in [0.2, 0.25) is 0 Å². The van der Waals surface area contributed by atoms with Crippen LogP contribution in [0, 0.1) is 0 Å². The van der Waals surface area contributed by atoms with Crippen LogP contribution >= 0.6 is 0 Å². The highest BCUT2D eigenvalue weighted by molar-refractivity contribution is 5.99. The molecule has 1 aromatic heterocycles. The van der Waals surface area contributed by atoms with Crippen LogP contribution in [0.5, 0.6) is 0 Å². The van der Waals surface area contributed by atoms with E-state index in [-0.39, 0.29) is 5.78 Å². The molecule has 2 rings (SSSR count). The number of ketones is 1. The first kappa shape index (κ1) is 11.5. The Kier molecular flexibility index (Phi) is 3.28.